The summed E-state index contributed by atoms with van der Waals surface area (Å²) in [6.45, 7) is -3.02. The Hall–Kier alpha value is -2.44. The monoisotopic (exact) mass is 325 g/mol. The Labute approximate surface area is 120 Å². The third-order valence-corrected chi connectivity index (χ3v) is 2.48. The largest absolute Gasteiger partial charge is 0.548 e. The van der Waals surface area contributed by atoms with Crippen molar-refractivity contribution in [3.8, 4) is 6.07 Å². The van der Waals surface area contributed by atoms with Crippen LogP contribution in [-0.2, 0) is 11.0 Å². The van der Waals surface area contributed by atoms with E-state index in [2.05, 4.69) is 0 Å². The fourth-order valence-corrected chi connectivity index (χ4v) is 1.67. The van der Waals surface area contributed by atoms with Crippen molar-refractivity contribution < 1.29 is 36.2 Å². The second-order valence-electron chi connectivity index (χ2n) is 4.18. The Balaban J connectivity index is 3.31. The van der Waals surface area contributed by atoms with Gasteiger partial charge in [0.05, 0.1) is 29.7 Å². The molecule has 0 unspecified atom stereocenters. The van der Waals surface area contributed by atoms with Crippen LogP contribution in [0.5, 0.6) is 0 Å². The number of carbonyl (C=O) groups excluding carboxylic acids is 1. The summed E-state index contributed by atoms with van der Waals surface area (Å²) in [6.07, 6.45) is -9.80. The molecule has 0 fully saturated rings. The molecule has 1 rings (SSSR count). The van der Waals surface area contributed by atoms with Crippen LogP contribution >= 0.6 is 0 Å². The number of benzene rings is 1. The van der Waals surface area contributed by atoms with E-state index in [1.54, 1.807) is 0 Å². The first-order valence-corrected chi connectivity index (χ1v) is 5.57. The van der Waals surface area contributed by atoms with Crippen molar-refractivity contribution in [3.63, 3.8) is 0 Å². The molecule has 22 heavy (non-hydrogen) atoms. The minimum atomic E-state index is -4.97. The van der Waals surface area contributed by atoms with Crippen LogP contribution in [0.2, 0.25) is 0 Å². The number of carboxylic acid groups (broad SMARTS) is 1. The molecule has 0 radical (unpaired) electrons. The van der Waals surface area contributed by atoms with Crippen LogP contribution in [0.3, 0.4) is 0 Å². The zero-order valence-electron chi connectivity index (χ0n) is 10.6. The topological polar surface area (TPSA) is 67.2 Å². The standard InChI is InChI=1S/C12H8F6N2O2/c13-11(14,15)6-20(5-10(21)22)8-2-1-7(4-19)9(3-8)12(16,17)18/h1-3H,5-6H2,(H,21,22)/p-1. The van der Waals surface area contributed by atoms with Gasteiger partial charge in [0, 0.05) is 5.69 Å². The quantitative estimate of drug-likeness (QED) is 0.790. The van der Waals surface area contributed by atoms with Gasteiger partial charge >= 0.3 is 12.4 Å². The number of aliphatic carboxylic acids is 1. The molecule has 0 bridgehead atoms. The van der Waals surface area contributed by atoms with Crippen LogP contribution in [0.1, 0.15) is 11.1 Å². The molecule has 0 aromatic heterocycles. The van der Waals surface area contributed by atoms with Crippen molar-refractivity contribution in [3.05, 3.63) is 29.3 Å². The zero-order valence-corrected chi connectivity index (χ0v) is 10.6. The molecule has 0 saturated heterocycles. The van der Waals surface area contributed by atoms with E-state index in [4.69, 9.17) is 5.26 Å². The van der Waals surface area contributed by atoms with E-state index in [1.807, 2.05) is 0 Å². The average Bonchev–Trinajstić information content (AvgIpc) is 2.34. The first-order valence-electron chi connectivity index (χ1n) is 5.57. The Morgan fingerprint density at radius 1 is 1.23 bits per heavy atom. The summed E-state index contributed by atoms with van der Waals surface area (Å²) in [5.74, 6) is -1.89. The normalized spacial score (nSPS) is 11.9. The number of rotatable bonds is 4. The summed E-state index contributed by atoms with van der Waals surface area (Å²) in [7, 11) is 0. The Kier molecular flexibility index (Phi) is 4.91. The van der Waals surface area contributed by atoms with Crippen molar-refractivity contribution >= 4 is 11.7 Å². The van der Waals surface area contributed by atoms with Gasteiger partial charge in [-0.25, -0.2) is 0 Å². The summed E-state index contributed by atoms with van der Waals surface area (Å²) >= 11 is 0. The van der Waals surface area contributed by atoms with E-state index in [0.29, 0.717) is 12.1 Å². The summed E-state index contributed by atoms with van der Waals surface area (Å²) in [5.41, 5.74) is -2.86. The number of anilines is 1. The first-order chi connectivity index (χ1) is 9.94. The van der Waals surface area contributed by atoms with E-state index in [9.17, 15) is 36.2 Å². The maximum absolute atomic E-state index is 12.8. The van der Waals surface area contributed by atoms with Crippen molar-refractivity contribution in [2.45, 2.75) is 12.4 Å². The van der Waals surface area contributed by atoms with Gasteiger partial charge in [-0.15, -0.1) is 0 Å². The van der Waals surface area contributed by atoms with Gasteiger partial charge < -0.3 is 14.8 Å². The van der Waals surface area contributed by atoms with Crippen LogP contribution in [0.25, 0.3) is 0 Å². The van der Waals surface area contributed by atoms with Gasteiger partial charge in [0.1, 0.15) is 6.54 Å². The molecule has 0 heterocycles. The van der Waals surface area contributed by atoms with Crippen molar-refractivity contribution in [1.82, 2.24) is 0 Å². The maximum atomic E-state index is 12.8. The number of nitriles is 1. The SMILES string of the molecule is N#Cc1ccc(N(CC(=O)[O-])CC(F)(F)F)cc1C(F)(F)F. The fraction of sp³-hybridized carbons (Fsp3) is 0.333. The summed E-state index contributed by atoms with van der Waals surface area (Å²) < 4.78 is 75.5. The van der Waals surface area contributed by atoms with E-state index < -0.39 is 48.2 Å². The first kappa shape index (κ1) is 17.6. The summed E-state index contributed by atoms with van der Waals surface area (Å²) in [4.78, 5) is 10.7. The fourth-order valence-electron chi connectivity index (χ4n) is 1.67. The second-order valence-corrected chi connectivity index (χ2v) is 4.18. The highest BCUT2D eigenvalue weighted by Crippen LogP contribution is 2.35. The van der Waals surface area contributed by atoms with E-state index in [1.165, 1.54) is 6.07 Å². The Morgan fingerprint density at radius 3 is 2.23 bits per heavy atom. The lowest BCUT2D eigenvalue weighted by Crippen LogP contribution is -2.42. The highest BCUT2D eigenvalue weighted by Gasteiger charge is 2.36. The number of alkyl halides is 6. The lowest BCUT2D eigenvalue weighted by molar-refractivity contribution is -0.303. The van der Waals surface area contributed by atoms with Gasteiger partial charge in [-0.05, 0) is 18.2 Å². The number of carbonyl (C=O) groups is 1. The number of hydrogen-bond donors (Lipinski definition) is 0. The minimum absolute atomic E-state index is 0.172. The van der Waals surface area contributed by atoms with E-state index in [-0.39, 0.29) is 4.90 Å². The van der Waals surface area contributed by atoms with Crippen LogP contribution in [0.4, 0.5) is 32.0 Å². The lowest BCUT2D eigenvalue weighted by Gasteiger charge is -2.27. The molecule has 0 aliphatic carbocycles. The van der Waals surface area contributed by atoms with Gasteiger partial charge in [-0.1, -0.05) is 0 Å². The lowest BCUT2D eigenvalue weighted by atomic mass is 10.1. The molecule has 0 aliphatic heterocycles. The molecule has 10 heteroatoms. The molecular formula is C12H7F6N2O2-. The predicted octanol–water partition coefficient (Wildman–Crippen LogP) is 1.70. The number of halogens is 6. The van der Waals surface area contributed by atoms with Gasteiger partial charge in [-0.2, -0.15) is 31.6 Å². The molecule has 4 nitrogen and oxygen atoms in total. The summed E-state index contributed by atoms with van der Waals surface area (Å²) in [6, 6.07) is 3.05. The van der Waals surface area contributed by atoms with E-state index >= 15 is 0 Å². The molecule has 1 aromatic rings. The Morgan fingerprint density at radius 2 is 1.82 bits per heavy atom. The van der Waals surface area contributed by atoms with Crippen LogP contribution in [0, 0.1) is 11.3 Å². The van der Waals surface area contributed by atoms with Gasteiger partial charge in [0.25, 0.3) is 0 Å². The van der Waals surface area contributed by atoms with Gasteiger partial charge in [0.2, 0.25) is 0 Å². The predicted molar refractivity (Wildman–Crippen MR) is 59.4 cm³/mol. The molecule has 1 aromatic carbocycles. The summed E-state index contributed by atoms with van der Waals surface area (Å²) in [5, 5.41) is 19.1. The average molecular weight is 325 g/mol. The third kappa shape index (κ3) is 4.83. The van der Waals surface area contributed by atoms with Crippen LogP contribution < -0.4 is 10.0 Å². The van der Waals surface area contributed by atoms with Gasteiger partial charge in [0.15, 0.2) is 0 Å². The molecule has 0 amide bonds. The van der Waals surface area contributed by atoms with E-state index in [0.717, 1.165) is 6.07 Å². The maximum Gasteiger partial charge on any atom is 0.417 e. The molecule has 0 spiro atoms. The van der Waals surface area contributed by atoms with Crippen molar-refractivity contribution in [2.24, 2.45) is 0 Å². The zero-order chi connectivity index (χ0) is 17.1. The van der Waals surface area contributed by atoms with Gasteiger partial charge in [-0.3, -0.25) is 0 Å². The molecular weight excluding hydrogens is 318 g/mol. The highest BCUT2D eigenvalue weighted by atomic mass is 19.4. The Bertz CT molecular complexity index is 603. The second kappa shape index (κ2) is 6.13. The smallest absolute Gasteiger partial charge is 0.417 e. The number of hydrogen-bond acceptors (Lipinski definition) is 4. The third-order valence-electron chi connectivity index (χ3n) is 2.48. The molecule has 0 N–H and O–H groups in total. The van der Waals surface area contributed by atoms with Crippen LogP contribution in [-0.4, -0.2) is 25.2 Å². The molecule has 0 aliphatic rings. The van der Waals surface area contributed by atoms with Crippen LogP contribution in [0.15, 0.2) is 18.2 Å². The molecule has 120 valence electrons. The highest BCUT2D eigenvalue weighted by molar-refractivity contribution is 5.72. The van der Waals surface area contributed by atoms with Crippen molar-refractivity contribution in [2.75, 3.05) is 18.0 Å². The van der Waals surface area contributed by atoms with Crippen molar-refractivity contribution in [1.29, 1.82) is 5.26 Å². The number of carboxylic acids is 1. The molecule has 0 atom stereocenters. The minimum Gasteiger partial charge on any atom is -0.548 e. The number of nitrogens with zero attached hydrogens (tertiary/aromatic N) is 2. The molecule has 0 saturated carbocycles.